The van der Waals surface area contributed by atoms with Gasteiger partial charge in [0.2, 0.25) is 0 Å². The third kappa shape index (κ3) is 1.81. The van der Waals surface area contributed by atoms with Crippen LogP contribution in [0.25, 0.3) is 0 Å². The van der Waals surface area contributed by atoms with Gasteiger partial charge in [-0.3, -0.25) is 0 Å². The van der Waals surface area contributed by atoms with E-state index in [0.717, 1.165) is 0 Å². The first-order chi connectivity index (χ1) is 6.81. The van der Waals surface area contributed by atoms with Crippen LogP contribution in [0.2, 0.25) is 0 Å². The number of nitrogens with two attached hydrogens (primary N) is 1. The smallest absolute Gasteiger partial charge is 0.0328 e. The molecular formula is C12H18N2. The first-order valence-electron chi connectivity index (χ1n) is 5.35. The van der Waals surface area contributed by atoms with E-state index in [4.69, 9.17) is 5.73 Å². The van der Waals surface area contributed by atoms with Gasteiger partial charge in [0.1, 0.15) is 0 Å². The summed E-state index contributed by atoms with van der Waals surface area (Å²) in [5.41, 5.74) is 8.57. The van der Waals surface area contributed by atoms with Crippen LogP contribution in [0.15, 0.2) is 24.3 Å². The average molecular weight is 190 g/mol. The van der Waals surface area contributed by atoms with Gasteiger partial charge in [0.05, 0.1) is 0 Å². The summed E-state index contributed by atoms with van der Waals surface area (Å²) in [6, 6.07) is 9.61. The molecule has 2 unspecified atom stereocenters. The Morgan fingerprint density at radius 1 is 1.50 bits per heavy atom. The molecule has 2 atom stereocenters. The minimum Gasteiger partial charge on any atom is -0.329 e. The molecule has 0 radical (unpaired) electrons. The molecule has 0 aromatic heterocycles. The second-order valence-corrected chi connectivity index (χ2v) is 4.09. The van der Waals surface area contributed by atoms with Gasteiger partial charge in [-0.2, -0.15) is 0 Å². The number of fused-ring (bicyclic) bond motifs is 1. The van der Waals surface area contributed by atoms with Crippen molar-refractivity contribution in [2.24, 2.45) is 5.73 Å². The molecule has 1 aliphatic rings. The molecule has 0 spiro atoms. The van der Waals surface area contributed by atoms with Crippen LogP contribution in [0.3, 0.4) is 0 Å². The number of nitrogens with one attached hydrogen (secondary N) is 1. The topological polar surface area (TPSA) is 38.0 Å². The summed E-state index contributed by atoms with van der Waals surface area (Å²) in [7, 11) is 0. The van der Waals surface area contributed by atoms with E-state index in [2.05, 4.69) is 36.5 Å². The van der Waals surface area contributed by atoms with Crippen LogP contribution in [0, 0.1) is 0 Å². The zero-order chi connectivity index (χ0) is 9.97. The van der Waals surface area contributed by atoms with E-state index in [0.29, 0.717) is 18.6 Å². The second-order valence-electron chi connectivity index (χ2n) is 4.09. The molecule has 0 saturated heterocycles. The van der Waals surface area contributed by atoms with Gasteiger partial charge in [-0.25, -0.2) is 0 Å². The molecular weight excluding hydrogens is 172 g/mol. The van der Waals surface area contributed by atoms with Gasteiger partial charge in [-0.05, 0) is 30.9 Å². The van der Waals surface area contributed by atoms with E-state index in [1.54, 1.807) is 0 Å². The van der Waals surface area contributed by atoms with Crippen LogP contribution in [-0.4, -0.2) is 12.6 Å². The molecule has 3 N–H and O–H groups in total. The van der Waals surface area contributed by atoms with Gasteiger partial charge in [0.25, 0.3) is 0 Å². The van der Waals surface area contributed by atoms with Crippen molar-refractivity contribution in [2.75, 3.05) is 6.54 Å². The van der Waals surface area contributed by atoms with Crippen LogP contribution in [0.5, 0.6) is 0 Å². The summed E-state index contributed by atoms with van der Waals surface area (Å²) in [5, 5.41) is 3.56. The fourth-order valence-corrected chi connectivity index (χ4v) is 2.14. The first kappa shape index (κ1) is 9.69. The molecule has 0 bridgehead atoms. The van der Waals surface area contributed by atoms with E-state index in [1.165, 1.54) is 24.0 Å². The maximum Gasteiger partial charge on any atom is 0.0328 e. The van der Waals surface area contributed by atoms with Crippen molar-refractivity contribution < 1.29 is 0 Å². The molecule has 0 heterocycles. The normalized spacial score (nSPS) is 22.0. The Bertz CT molecular complexity index is 309. The van der Waals surface area contributed by atoms with Crippen molar-refractivity contribution in [3.05, 3.63) is 35.4 Å². The summed E-state index contributed by atoms with van der Waals surface area (Å²) in [5.74, 6) is 0. The summed E-state index contributed by atoms with van der Waals surface area (Å²) in [6.07, 6.45) is 2.41. The van der Waals surface area contributed by atoms with Crippen molar-refractivity contribution in [3.63, 3.8) is 0 Å². The summed E-state index contributed by atoms with van der Waals surface area (Å²) < 4.78 is 0. The van der Waals surface area contributed by atoms with Gasteiger partial charge in [0, 0.05) is 18.6 Å². The predicted molar refractivity (Wildman–Crippen MR) is 59.2 cm³/mol. The third-order valence-electron chi connectivity index (χ3n) is 2.97. The molecule has 1 aromatic rings. The van der Waals surface area contributed by atoms with Crippen LogP contribution < -0.4 is 11.1 Å². The van der Waals surface area contributed by atoms with Crippen molar-refractivity contribution in [2.45, 2.75) is 31.8 Å². The van der Waals surface area contributed by atoms with E-state index in [-0.39, 0.29) is 0 Å². The van der Waals surface area contributed by atoms with Crippen molar-refractivity contribution in [1.29, 1.82) is 0 Å². The zero-order valence-corrected chi connectivity index (χ0v) is 8.66. The highest BCUT2D eigenvalue weighted by Gasteiger charge is 2.22. The Balaban J connectivity index is 2.10. The quantitative estimate of drug-likeness (QED) is 0.760. The molecule has 0 fully saturated rings. The lowest BCUT2D eigenvalue weighted by Gasteiger charge is -2.18. The maximum absolute atomic E-state index is 5.61. The van der Waals surface area contributed by atoms with Gasteiger partial charge in [-0.1, -0.05) is 24.3 Å². The molecule has 0 aliphatic heterocycles. The Labute approximate surface area is 85.5 Å². The Hall–Kier alpha value is -0.860. The zero-order valence-electron chi connectivity index (χ0n) is 8.66. The lowest BCUT2D eigenvalue weighted by molar-refractivity contribution is 0.458. The van der Waals surface area contributed by atoms with E-state index in [1.807, 2.05) is 0 Å². The SMILES string of the molecule is CC(CN)NC1CCc2ccccc21. The van der Waals surface area contributed by atoms with Crippen LogP contribution in [0.1, 0.15) is 30.5 Å². The van der Waals surface area contributed by atoms with Crippen molar-refractivity contribution >= 4 is 0 Å². The molecule has 1 aliphatic carbocycles. The summed E-state index contributed by atoms with van der Waals surface area (Å²) in [6.45, 7) is 2.85. The molecule has 1 aromatic carbocycles. The fourth-order valence-electron chi connectivity index (χ4n) is 2.14. The Morgan fingerprint density at radius 3 is 3.07 bits per heavy atom. The largest absolute Gasteiger partial charge is 0.329 e. The third-order valence-corrected chi connectivity index (χ3v) is 2.97. The van der Waals surface area contributed by atoms with E-state index < -0.39 is 0 Å². The molecule has 76 valence electrons. The van der Waals surface area contributed by atoms with Gasteiger partial charge in [-0.15, -0.1) is 0 Å². The van der Waals surface area contributed by atoms with Gasteiger partial charge >= 0.3 is 0 Å². The monoisotopic (exact) mass is 190 g/mol. The van der Waals surface area contributed by atoms with Crippen LogP contribution in [0.4, 0.5) is 0 Å². The van der Waals surface area contributed by atoms with Gasteiger partial charge < -0.3 is 11.1 Å². The molecule has 14 heavy (non-hydrogen) atoms. The van der Waals surface area contributed by atoms with Crippen molar-refractivity contribution in [3.8, 4) is 0 Å². The van der Waals surface area contributed by atoms with Crippen molar-refractivity contribution in [1.82, 2.24) is 5.32 Å². The number of hydrogen-bond acceptors (Lipinski definition) is 2. The van der Waals surface area contributed by atoms with Crippen LogP contribution in [-0.2, 0) is 6.42 Å². The summed E-state index contributed by atoms with van der Waals surface area (Å²) >= 11 is 0. The minimum absolute atomic E-state index is 0.408. The summed E-state index contributed by atoms with van der Waals surface area (Å²) in [4.78, 5) is 0. The molecule has 2 nitrogen and oxygen atoms in total. The molecule has 2 heteroatoms. The Morgan fingerprint density at radius 2 is 2.29 bits per heavy atom. The van der Waals surface area contributed by atoms with E-state index in [9.17, 15) is 0 Å². The molecule has 2 rings (SSSR count). The Kier molecular flexibility index (Phi) is 2.85. The van der Waals surface area contributed by atoms with E-state index >= 15 is 0 Å². The number of hydrogen-bond donors (Lipinski definition) is 2. The highest BCUT2D eigenvalue weighted by molar-refractivity contribution is 5.34. The van der Waals surface area contributed by atoms with Gasteiger partial charge in [0.15, 0.2) is 0 Å². The van der Waals surface area contributed by atoms with Crippen LogP contribution >= 0.6 is 0 Å². The predicted octanol–water partition coefficient (Wildman–Crippen LogP) is 1.61. The first-order valence-corrected chi connectivity index (χ1v) is 5.35. The number of rotatable bonds is 3. The maximum atomic E-state index is 5.61. The fraction of sp³-hybridized carbons (Fsp3) is 0.500. The number of aryl methyl sites for hydroxylation is 1. The second kappa shape index (κ2) is 4.11. The lowest BCUT2D eigenvalue weighted by atomic mass is 10.1. The minimum atomic E-state index is 0.408. The lowest BCUT2D eigenvalue weighted by Crippen LogP contribution is -2.35. The molecule has 0 saturated carbocycles. The highest BCUT2D eigenvalue weighted by atomic mass is 15.0. The standard InChI is InChI=1S/C12H18N2/c1-9(8-13)14-12-7-6-10-4-2-3-5-11(10)12/h2-5,9,12,14H,6-8,13H2,1H3. The molecule has 0 amide bonds. The highest BCUT2D eigenvalue weighted by Crippen LogP contribution is 2.30. The average Bonchev–Trinajstić information content (AvgIpc) is 2.62. The number of benzene rings is 1.